The van der Waals surface area contributed by atoms with Crippen molar-refractivity contribution in [2.45, 2.75) is 13.8 Å². The summed E-state index contributed by atoms with van der Waals surface area (Å²) in [5.41, 5.74) is 0.856. The van der Waals surface area contributed by atoms with Gasteiger partial charge in [0.25, 0.3) is 0 Å². The van der Waals surface area contributed by atoms with Gasteiger partial charge in [0.2, 0.25) is 5.91 Å². The number of anilines is 1. The summed E-state index contributed by atoms with van der Waals surface area (Å²) in [6.07, 6.45) is 8.71. The molecule has 3 aromatic heterocycles. The molecule has 8 heteroatoms. The molecular formula is C20H16N6OS. The van der Waals surface area contributed by atoms with Crippen molar-refractivity contribution in [3.05, 3.63) is 57.1 Å². The van der Waals surface area contributed by atoms with Crippen LogP contribution in [0, 0.1) is 10.6 Å². The fourth-order valence-corrected chi connectivity index (χ4v) is 3.71. The van der Waals surface area contributed by atoms with E-state index in [9.17, 15) is 4.79 Å². The number of nitrogens with zero attached hydrogens (tertiary/aromatic N) is 5. The maximum atomic E-state index is 11.3. The van der Waals surface area contributed by atoms with Gasteiger partial charge in [0.1, 0.15) is 15.4 Å². The summed E-state index contributed by atoms with van der Waals surface area (Å²) >= 11 is 1.49. The number of carbonyl (C=O) groups excluding carboxylic acids is 1. The van der Waals surface area contributed by atoms with Crippen molar-refractivity contribution in [3.8, 4) is 10.6 Å². The van der Waals surface area contributed by atoms with Crippen molar-refractivity contribution >= 4 is 47.4 Å². The van der Waals surface area contributed by atoms with Crippen molar-refractivity contribution in [3.63, 3.8) is 0 Å². The van der Waals surface area contributed by atoms with Crippen molar-refractivity contribution in [2.24, 2.45) is 9.98 Å². The van der Waals surface area contributed by atoms with Gasteiger partial charge in [0.15, 0.2) is 5.82 Å². The second-order valence-electron chi connectivity index (χ2n) is 5.95. The van der Waals surface area contributed by atoms with E-state index in [2.05, 4.69) is 25.3 Å². The molecule has 0 aromatic carbocycles. The third kappa shape index (κ3) is 3.63. The minimum absolute atomic E-state index is 0.172. The predicted octanol–water partition coefficient (Wildman–Crippen LogP) is 1.87. The molecule has 0 unspecified atom stereocenters. The van der Waals surface area contributed by atoms with E-state index < -0.39 is 0 Å². The van der Waals surface area contributed by atoms with Crippen LogP contribution < -0.4 is 15.2 Å². The zero-order valence-corrected chi connectivity index (χ0v) is 16.1. The molecular weight excluding hydrogens is 372 g/mol. The molecule has 0 radical (unpaired) electrons. The lowest BCUT2D eigenvalue weighted by atomic mass is 10.2. The van der Waals surface area contributed by atoms with E-state index in [-0.39, 0.29) is 5.91 Å². The van der Waals surface area contributed by atoms with Crippen LogP contribution in [-0.2, 0) is 4.79 Å². The first-order valence-electron chi connectivity index (χ1n) is 8.58. The molecule has 7 nitrogen and oxygen atoms in total. The maximum Gasteiger partial charge on any atom is 0.222 e. The number of carbonyl (C=O) groups is 1. The largest absolute Gasteiger partial charge is 0.311 e. The van der Waals surface area contributed by atoms with Crippen LogP contribution in [0.5, 0.6) is 0 Å². The summed E-state index contributed by atoms with van der Waals surface area (Å²) in [6.45, 7) is 3.40. The molecule has 0 fully saturated rings. The first-order valence-corrected chi connectivity index (χ1v) is 9.40. The predicted molar refractivity (Wildman–Crippen MR) is 111 cm³/mol. The molecule has 1 amide bonds. The molecule has 1 aliphatic heterocycles. The molecule has 0 saturated heterocycles. The van der Waals surface area contributed by atoms with Crippen molar-refractivity contribution in [1.82, 2.24) is 15.0 Å². The lowest BCUT2D eigenvalue weighted by Gasteiger charge is -2.02. The Labute approximate surface area is 164 Å². The number of aromatic nitrogens is 3. The molecule has 0 atom stereocenters. The van der Waals surface area contributed by atoms with Crippen LogP contribution >= 0.6 is 11.3 Å². The highest BCUT2D eigenvalue weighted by Crippen LogP contribution is 2.22. The van der Waals surface area contributed by atoms with Crippen molar-refractivity contribution in [2.75, 3.05) is 5.32 Å². The van der Waals surface area contributed by atoms with E-state index >= 15 is 0 Å². The highest BCUT2D eigenvalue weighted by molar-refractivity contribution is 7.13. The van der Waals surface area contributed by atoms with Gasteiger partial charge in [-0.2, -0.15) is 0 Å². The number of pyridine rings is 2. The monoisotopic (exact) mass is 388 g/mol. The van der Waals surface area contributed by atoms with Gasteiger partial charge in [-0.3, -0.25) is 9.78 Å². The number of rotatable bonds is 2. The molecule has 0 bridgehead atoms. The number of amides is 1. The second-order valence-corrected chi connectivity index (χ2v) is 6.95. The van der Waals surface area contributed by atoms with Gasteiger partial charge < -0.3 is 5.32 Å². The molecule has 3 aromatic rings. The van der Waals surface area contributed by atoms with E-state index in [1.807, 2.05) is 31.2 Å². The smallest absolute Gasteiger partial charge is 0.222 e. The van der Waals surface area contributed by atoms with Gasteiger partial charge >= 0.3 is 0 Å². The van der Waals surface area contributed by atoms with Gasteiger partial charge in [-0.1, -0.05) is 6.08 Å². The number of aliphatic imine (C=N–C) groups is 2. The minimum Gasteiger partial charge on any atom is -0.311 e. The van der Waals surface area contributed by atoms with Gasteiger partial charge in [-0.05, 0) is 31.2 Å². The zero-order valence-electron chi connectivity index (χ0n) is 15.2. The Bertz CT molecular complexity index is 1300. The lowest BCUT2D eigenvalue weighted by molar-refractivity contribution is -0.114. The summed E-state index contributed by atoms with van der Waals surface area (Å²) in [4.78, 5) is 33.4. The number of thiazole rings is 1. The van der Waals surface area contributed by atoms with Crippen LogP contribution in [0.25, 0.3) is 22.5 Å². The standard InChI is InChI=1S/C20H16N6OS/c1-3-15-5-4-14(11-24-15)17-18(19-22-8-9-23-19)28-20(26-17)13-6-7-21-16(10-13)25-12(2)27/h3-11H,1-2H3,(H,21,25,27). The van der Waals surface area contributed by atoms with Crippen molar-refractivity contribution < 1.29 is 4.79 Å². The minimum atomic E-state index is -0.172. The summed E-state index contributed by atoms with van der Waals surface area (Å²) in [6, 6.07) is 7.60. The van der Waals surface area contributed by atoms with E-state index in [4.69, 9.17) is 4.98 Å². The quantitative estimate of drug-likeness (QED) is 0.725. The topological polar surface area (TPSA) is 92.5 Å². The maximum absolute atomic E-state index is 11.3. The summed E-state index contributed by atoms with van der Waals surface area (Å²) in [7, 11) is 0. The zero-order chi connectivity index (χ0) is 19.5. The Hall–Kier alpha value is -3.52. The normalized spacial score (nSPS) is 14.6. The lowest BCUT2D eigenvalue weighted by Crippen LogP contribution is -2.07. The van der Waals surface area contributed by atoms with Gasteiger partial charge in [-0.25, -0.2) is 20.0 Å². The van der Waals surface area contributed by atoms with Crippen LogP contribution in [0.1, 0.15) is 13.8 Å². The average molecular weight is 388 g/mol. The Kier molecular flexibility index (Phi) is 4.86. The average Bonchev–Trinajstić information content (AvgIpc) is 3.37. The Balaban J connectivity index is 1.98. The Morgan fingerprint density at radius 2 is 1.96 bits per heavy atom. The molecule has 4 heterocycles. The van der Waals surface area contributed by atoms with Crippen LogP contribution in [0.15, 0.2) is 46.6 Å². The van der Waals surface area contributed by atoms with Crippen LogP contribution in [-0.4, -0.2) is 33.3 Å². The van der Waals surface area contributed by atoms with Crippen molar-refractivity contribution in [1.29, 1.82) is 0 Å². The molecule has 0 saturated carbocycles. The molecule has 4 rings (SSSR count). The fraction of sp³-hybridized carbons (Fsp3) is 0.100. The van der Waals surface area contributed by atoms with E-state index in [0.717, 1.165) is 31.0 Å². The molecule has 1 N–H and O–H groups in total. The molecule has 0 spiro atoms. The Morgan fingerprint density at radius 3 is 2.64 bits per heavy atom. The molecule has 0 aliphatic carbocycles. The number of hydrogen-bond acceptors (Lipinski definition) is 7. The van der Waals surface area contributed by atoms with E-state index in [1.165, 1.54) is 18.3 Å². The van der Waals surface area contributed by atoms with Crippen LogP contribution in [0.3, 0.4) is 0 Å². The Morgan fingerprint density at radius 1 is 1.14 bits per heavy atom. The molecule has 1 aliphatic rings. The van der Waals surface area contributed by atoms with Gasteiger partial charge in [0.05, 0.1) is 10.7 Å². The highest BCUT2D eigenvalue weighted by atomic mass is 32.1. The number of nitrogens with one attached hydrogen (secondary N) is 1. The van der Waals surface area contributed by atoms with E-state index in [0.29, 0.717) is 11.6 Å². The highest BCUT2D eigenvalue weighted by Gasteiger charge is 2.10. The van der Waals surface area contributed by atoms with E-state index in [1.54, 1.807) is 30.9 Å². The molecule has 138 valence electrons. The first kappa shape index (κ1) is 17.9. The van der Waals surface area contributed by atoms with Crippen LogP contribution in [0.2, 0.25) is 0 Å². The second kappa shape index (κ2) is 7.61. The number of hydrogen-bond donors (Lipinski definition) is 1. The summed E-state index contributed by atoms with van der Waals surface area (Å²) < 4.78 is 0.868. The first-order chi connectivity index (χ1) is 13.6. The fourth-order valence-electron chi connectivity index (χ4n) is 2.68. The molecule has 28 heavy (non-hydrogen) atoms. The SMILES string of the molecule is CC=c1ccc(=c2nc(-c3ccnc(NC(C)=O)c3)sc2=C2N=CC=N2)cn1. The third-order valence-electron chi connectivity index (χ3n) is 3.96. The van der Waals surface area contributed by atoms with Crippen LogP contribution in [0.4, 0.5) is 5.82 Å². The van der Waals surface area contributed by atoms with Gasteiger partial charge in [0, 0.05) is 42.5 Å². The third-order valence-corrected chi connectivity index (χ3v) is 5.06. The summed E-state index contributed by atoms with van der Waals surface area (Å²) in [5, 5.41) is 6.06. The van der Waals surface area contributed by atoms with Gasteiger partial charge in [-0.15, -0.1) is 11.3 Å². The summed E-state index contributed by atoms with van der Waals surface area (Å²) in [5.74, 6) is 0.938.